The second-order valence-corrected chi connectivity index (χ2v) is 9.90. The molecule has 2 aromatic rings. The van der Waals surface area contributed by atoms with Gasteiger partial charge in [0.25, 0.3) is 10.0 Å². The molecule has 4 atom stereocenters. The van der Waals surface area contributed by atoms with Crippen LogP contribution in [0.3, 0.4) is 0 Å². The van der Waals surface area contributed by atoms with Gasteiger partial charge in [-0.1, -0.05) is 18.2 Å². The Hall–Kier alpha value is -2.52. The van der Waals surface area contributed by atoms with E-state index < -0.39 is 45.9 Å². The van der Waals surface area contributed by atoms with Crippen LogP contribution in [0.15, 0.2) is 41.3 Å². The number of rotatable bonds is 8. The maximum Gasteiger partial charge on any atom is 0.251 e. The Labute approximate surface area is 199 Å². The second-order valence-electron chi connectivity index (χ2n) is 8.25. The molecule has 1 fully saturated rings. The molecule has 1 aliphatic heterocycles. The van der Waals surface area contributed by atoms with Gasteiger partial charge in [-0.05, 0) is 60.9 Å². The van der Waals surface area contributed by atoms with Gasteiger partial charge < -0.3 is 25.0 Å². The smallest absolute Gasteiger partial charge is 0.251 e. The number of aliphatic hydroxyl groups excluding tert-OH is 3. The number of hydrogen-bond acceptors (Lipinski definition) is 8. The van der Waals surface area contributed by atoms with Crippen molar-refractivity contribution in [1.29, 1.82) is 5.26 Å². The highest BCUT2D eigenvalue weighted by molar-refractivity contribution is 7.93. The van der Waals surface area contributed by atoms with Gasteiger partial charge in [0.2, 0.25) is 0 Å². The summed E-state index contributed by atoms with van der Waals surface area (Å²) in [5, 5.41) is 41.0. The largest absolute Gasteiger partial charge is 0.394 e. The number of nitrogens with zero attached hydrogens (tertiary/aromatic N) is 2. The van der Waals surface area contributed by atoms with Gasteiger partial charge in [0, 0.05) is 18.8 Å². The zero-order valence-electron chi connectivity index (χ0n) is 19.5. The van der Waals surface area contributed by atoms with Crippen LogP contribution in [0.4, 0.5) is 5.69 Å². The minimum atomic E-state index is -4.33. The third-order valence-electron chi connectivity index (χ3n) is 6.22. The summed E-state index contributed by atoms with van der Waals surface area (Å²) >= 11 is 0. The molecule has 4 N–H and O–H groups in total. The van der Waals surface area contributed by atoms with Crippen LogP contribution in [0, 0.1) is 11.3 Å². The van der Waals surface area contributed by atoms with Gasteiger partial charge in [0.05, 0.1) is 19.3 Å². The summed E-state index contributed by atoms with van der Waals surface area (Å²) in [6.07, 6.45) is -3.98. The third kappa shape index (κ3) is 5.25. The first-order valence-corrected chi connectivity index (χ1v) is 12.7. The molecule has 1 heterocycles. The van der Waals surface area contributed by atoms with Crippen LogP contribution in [0.25, 0.3) is 16.3 Å². The molecule has 1 saturated heterocycles. The van der Waals surface area contributed by atoms with Gasteiger partial charge in [0.1, 0.15) is 24.4 Å². The number of sulfonamides is 1. The molecule has 9 nitrogen and oxygen atoms in total. The molecule has 3 rings (SSSR count). The Morgan fingerprint density at radius 3 is 2.41 bits per heavy atom. The van der Waals surface area contributed by atoms with Crippen LogP contribution in [0.5, 0.6) is 0 Å². The van der Waals surface area contributed by atoms with Gasteiger partial charge in [-0.2, -0.15) is 5.26 Å². The topological polar surface area (TPSA) is 143 Å². The van der Waals surface area contributed by atoms with Crippen LogP contribution in [0.2, 0.25) is 0 Å². The summed E-state index contributed by atoms with van der Waals surface area (Å²) in [5.41, 5.74) is 1.93. The first-order chi connectivity index (χ1) is 16.2. The number of fused-ring (bicyclic) bond motifs is 1. The first kappa shape index (κ1) is 26.1. The monoisotopic (exact) mass is 489 g/mol. The minimum absolute atomic E-state index is 0.254. The van der Waals surface area contributed by atoms with Crippen molar-refractivity contribution in [3.63, 3.8) is 0 Å². The fourth-order valence-corrected chi connectivity index (χ4v) is 5.50. The van der Waals surface area contributed by atoms with E-state index >= 15 is 0 Å². The van der Waals surface area contributed by atoms with E-state index in [1.165, 1.54) is 0 Å². The van der Waals surface area contributed by atoms with E-state index in [4.69, 9.17) is 4.74 Å². The Kier molecular flexibility index (Phi) is 8.30. The molecule has 0 aliphatic carbocycles. The van der Waals surface area contributed by atoms with Crippen molar-refractivity contribution in [2.75, 3.05) is 31.2 Å². The summed E-state index contributed by atoms with van der Waals surface area (Å²) in [6.45, 7) is 6.73. The van der Waals surface area contributed by atoms with E-state index in [9.17, 15) is 29.0 Å². The average molecular weight is 490 g/mol. The molecule has 0 amide bonds. The van der Waals surface area contributed by atoms with E-state index in [0.29, 0.717) is 5.56 Å². The maximum atomic E-state index is 13.0. The number of hydrogen-bond donors (Lipinski definition) is 4. The molecule has 0 radical (unpaired) electrons. The SMILES string of the molecule is CCN(CC)c1ccc2cc(/C(C)=C(\C#N)S(=O)(=O)N[C@H]3CO[C@H](CO)[C@@H](O)[C@@H]3O)ccc2c1. The molecule has 2 aromatic carbocycles. The number of benzene rings is 2. The standard InChI is InChI=1S/C24H31N3O6S/c1-4-27(5-2)19-9-8-17-10-16(6-7-18(17)11-19)15(3)22(12-25)34(31,32)26-20-14-33-21(13-28)24(30)23(20)29/h6-11,20-21,23-24,26,28-30H,4-5,13-14H2,1-3H3/b22-15+/t20-,21+,23+,24+/m0/s1. The van der Waals surface area contributed by atoms with Gasteiger partial charge in [-0.25, -0.2) is 13.1 Å². The summed E-state index contributed by atoms with van der Waals surface area (Å²) in [5.74, 6) is 0. The highest BCUT2D eigenvalue weighted by atomic mass is 32.2. The van der Waals surface area contributed by atoms with Crippen LogP contribution in [-0.4, -0.2) is 74.4 Å². The van der Waals surface area contributed by atoms with Gasteiger partial charge in [-0.3, -0.25) is 0 Å². The Balaban J connectivity index is 1.91. The highest BCUT2D eigenvalue weighted by Crippen LogP contribution is 2.28. The molecular weight excluding hydrogens is 458 g/mol. The van der Waals surface area contributed by atoms with Crippen LogP contribution < -0.4 is 9.62 Å². The molecule has 184 valence electrons. The Bertz CT molecular complexity index is 1200. The van der Waals surface area contributed by atoms with Crippen molar-refractivity contribution in [2.24, 2.45) is 0 Å². The van der Waals surface area contributed by atoms with Crippen LogP contribution >= 0.6 is 0 Å². The highest BCUT2D eigenvalue weighted by Gasteiger charge is 2.40. The van der Waals surface area contributed by atoms with E-state index in [1.54, 1.807) is 19.1 Å². The van der Waals surface area contributed by atoms with Gasteiger partial charge in [0.15, 0.2) is 4.91 Å². The van der Waals surface area contributed by atoms with Crippen molar-refractivity contribution < 1.29 is 28.5 Å². The van der Waals surface area contributed by atoms with Gasteiger partial charge in [-0.15, -0.1) is 0 Å². The fourth-order valence-electron chi connectivity index (χ4n) is 4.13. The lowest BCUT2D eigenvalue weighted by Gasteiger charge is -2.36. The fraction of sp³-hybridized carbons (Fsp3) is 0.458. The molecule has 0 bridgehead atoms. The van der Waals surface area contributed by atoms with Crippen molar-refractivity contribution in [1.82, 2.24) is 4.72 Å². The predicted octanol–water partition coefficient (Wildman–Crippen LogP) is 1.34. The molecule has 0 saturated carbocycles. The summed E-state index contributed by atoms with van der Waals surface area (Å²) in [4.78, 5) is 1.74. The van der Waals surface area contributed by atoms with Crippen LogP contribution in [-0.2, 0) is 14.8 Å². The normalized spacial score (nSPS) is 23.9. The zero-order chi connectivity index (χ0) is 25.0. The lowest BCUT2D eigenvalue weighted by Crippen LogP contribution is -2.59. The number of allylic oxidation sites excluding steroid dienone is 2. The van der Waals surface area contributed by atoms with E-state index in [-0.39, 0.29) is 12.2 Å². The zero-order valence-corrected chi connectivity index (χ0v) is 20.3. The summed E-state index contributed by atoms with van der Waals surface area (Å²) in [7, 11) is -4.33. The number of anilines is 1. The molecular formula is C24H31N3O6S. The number of nitriles is 1. The maximum absolute atomic E-state index is 13.0. The Morgan fingerprint density at radius 2 is 1.79 bits per heavy atom. The lowest BCUT2D eigenvalue weighted by atomic mass is 9.99. The van der Waals surface area contributed by atoms with Crippen molar-refractivity contribution >= 4 is 32.1 Å². The molecule has 0 aromatic heterocycles. The molecule has 1 aliphatic rings. The second kappa shape index (κ2) is 10.8. The quantitative estimate of drug-likeness (QED) is 0.407. The van der Waals surface area contributed by atoms with E-state index in [1.807, 2.05) is 24.3 Å². The third-order valence-corrected chi connectivity index (χ3v) is 7.76. The summed E-state index contributed by atoms with van der Waals surface area (Å²) in [6, 6.07) is 12.1. The van der Waals surface area contributed by atoms with Crippen molar-refractivity contribution in [3.8, 4) is 6.07 Å². The van der Waals surface area contributed by atoms with Crippen LogP contribution in [0.1, 0.15) is 26.3 Å². The summed E-state index contributed by atoms with van der Waals surface area (Å²) < 4.78 is 33.5. The lowest BCUT2D eigenvalue weighted by molar-refractivity contribution is -0.158. The first-order valence-electron chi connectivity index (χ1n) is 11.2. The average Bonchev–Trinajstić information content (AvgIpc) is 2.82. The van der Waals surface area contributed by atoms with Crippen molar-refractivity contribution in [2.45, 2.75) is 45.1 Å². The molecule has 0 spiro atoms. The van der Waals surface area contributed by atoms with E-state index in [0.717, 1.165) is 29.5 Å². The molecule has 0 unspecified atom stereocenters. The number of nitrogens with one attached hydrogen (secondary N) is 1. The molecule has 34 heavy (non-hydrogen) atoms. The molecule has 10 heteroatoms. The number of ether oxygens (including phenoxy) is 1. The minimum Gasteiger partial charge on any atom is -0.394 e. The number of aliphatic hydroxyl groups is 3. The van der Waals surface area contributed by atoms with E-state index in [2.05, 4.69) is 29.5 Å². The van der Waals surface area contributed by atoms with Gasteiger partial charge >= 0.3 is 0 Å². The predicted molar refractivity (Wildman–Crippen MR) is 130 cm³/mol. The van der Waals surface area contributed by atoms with Crippen molar-refractivity contribution in [3.05, 3.63) is 46.9 Å². The Morgan fingerprint density at radius 1 is 1.15 bits per heavy atom.